The van der Waals surface area contributed by atoms with Crippen LogP contribution >= 0.6 is 0 Å². The third-order valence-electron chi connectivity index (χ3n) is 3.24. The van der Waals surface area contributed by atoms with Gasteiger partial charge < -0.3 is 10.8 Å². The van der Waals surface area contributed by atoms with Gasteiger partial charge in [0.1, 0.15) is 10.7 Å². The Morgan fingerprint density at radius 1 is 1.56 bits per heavy atom. The van der Waals surface area contributed by atoms with Gasteiger partial charge in [-0.3, -0.25) is 5.10 Å². The van der Waals surface area contributed by atoms with Crippen molar-refractivity contribution >= 4 is 15.8 Å². The SMILES string of the molecule is Nc1[nH]ncc1S(=O)(=O)NCC1CCCC(O)C1. The van der Waals surface area contributed by atoms with E-state index in [9.17, 15) is 13.5 Å². The molecule has 1 aliphatic rings. The van der Waals surface area contributed by atoms with Crippen LogP contribution in [0, 0.1) is 5.92 Å². The molecule has 2 atom stereocenters. The molecule has 0 saturated heterocycles. The number of aliphatic hydroxyl groups is 1. The largest absolute Gasteiger partial charge is 0.393 e. The van der Waals surface area contributed by atoms with Gasteiger partial charge in [0.05, 0.1) is 12.3 Å². The normalized spacial score (nSPS) is 25.2. The molecule has 102 valence electrons. The Hall–Kier alpha value is -1.12. The van der Waals surface area contributed by atoms with E-state index in [1.54, 1.807) is 0 Å². The molecule has 1 fully saturated rings. The summed E-state index contributed by atoms with van der Waals surface area (Å²) in [4.78, 5) is -0.0288. The first-order valence-corrected chi connectivity index (χ1v) is 7.44. The second-order valence-corrected chi connectivity index (χ2v) is 6.42. The zero-order valence-corrected chi connectivity index (χ0v) is 10.8. The Morgan fingerprint density at radius 2 is 2.33 bits per heavy atom. The number of anilines is 1. The average Bonchev–Trinajstić information content (AvgIpc) is 2.74. The lowest BCUT2D eigenvalue weighted by Crippen LogP contribution is -2.33. The number of hydrogen-bond donors (Lipinski definition) is 4. The summed E-state index contributed by atoms with van der Waals surface area (Å²) in [5, 5.41) is 15.5. The zero-order chi connectivity index (χ0) is 13.2. The maximum absolute atomic E-state index is 11.9. The van der Waals surface area contributed by atoms with Crippen LogP contribution in [-0.4, -0.2) is 36.4 Å². The van der Waals surface area contributed by atoms with Crippen LogP contribution < -0.4 is 10.5 Å². The van der Waals surface area contributed by atoms with Crippen molar-refractivity contribution < 1.29 is 13.5 Å². The van der Waals surface area contributed by atoms with E-state index in [4.69, 9.17) is 5.73 Å². The molecule has 7 nitrogen and oxygen atoms in total. The monoisotopic (exact) mass is 274 g/mol. The van der Waals surface area contributed by atoms with Crippen molar-refractivity contribution in [3.63, 3.8) is 0 Å². The summed E-state index contributed by atoms with van der Waals surface area (Å²) < 4.78 is 26.4. The lowest BCUT2D eigenvalue weighted by molar-refractivity contribution is 0.102. The predicted molar refractivity (Wildman–Crippen MR) is 66.2 cm³/mol. The number of sulfonamides is 1. The number of hydrogen-bond acceptors (Lipinski definition) is 5. The molecule has 0 aromatic carbocycles. The maximum atomic E-state index is 11.9. The van der Waals surface area contributed by atoms with Crippen LogP contribution in [-0.2, 0) is 10.0 Å². The number of aromatic amines is 1. The van der Waals surface area contributed by atoms with Crippen molar-refractivity contribution in [3.05, 3.63) is 6.20 Å². The third kappa shape index (κ3) is 3.01. The van der Waals surface area contributed by atoms with Gasteiger partial charge in [0, 0.05) is 6.54 Å². The van der Waals surface area contributed by atoms with E-state index in [1.807, 2.05) is 0 Å². The van der Waals surface area contributed by atoms with Gasteiger partial charge in [0.2, 0.25) is 10.0 Å². The number of H-pyrrole nitrogens is 1. The van der Waals surface area contributed by atoms with E-state index in [0.29, 0.717) is 13.0 Å². The molecule has 0 bridgehead atoms. The number of aliphatic hydroxyl groups excluding tert-OH is 1. The molecule has 18 heavy (non-hydrogen) atoms. The highest BCUT2D eigenvalue weighted by molar-refractivity contribution is 7.89. The average molecular weight is 274 g/mol. The number of nitrogen functional groups attached to an aromatic ring is 1. The Morgan fingerprint density at radius 3 is 2.94 bits per heavy atom. The zero-order valence-electron chi connectivity index (χ0n) is 9.96. The summed E-state index contributed by atoms with van der Waals surface area (Å²) in [6.07, 6.45) is 4.18. The molecular weight excluding hydrogens is 256 g/mol. The summed E-state index contributed by atoms with van der Waals surface area (Å²) in [5.74, 6) is 0.211. The molecular formula is C10H18N4O3S. The quantitative estimate of drug-likeness (QED) is 0.607. The fraction of sp³-hybridized carbons (Fsp3) is 0.700. The van der Waals surface area contributed by atoms with Crippen LogP contribution in [0.4, 0.5) is 5.82 Å². The Labute approximate surface area is 106 Å². The molecule has 1 heterocycles. The van der Waals surface area contributed by atoms with Gasteiger partial charge in [-0.2, -0.15) is 5.10 Å². The summed E-state index contributed by atoms with van der Waals surface area (Å²) >= 11 is 0. The number of nitrogens with two attached hydrogens (primary N) is 1. The van der Waals surface area contributed by atoms with Crippen LogP contribution in [0.5, 0.6) is 0 Å². The van der Waals surface area contributed by atoms with Crippen LogP contribution in [0.1, 0.15) is 25.7 Å². The fourth-order valence-corrected chi connectivity index (χ4v) is 3.39. The van der Waals surface area contributed by atoms with Gasteiger partial charge in [0.15, 0.2) is 0 Å². The van der Waals surface area contributed by atoms with E-state index in [1.165, 1.54) is 6.20 Å². The maximum Gasteiger partial charge on any atom is 0.245 e. The first kappa shape index (κ1) is 13.3. The minimum Gasteiger partial charge on any atom is -0.393 e. The van der Waals surface area contributed by atoms with Crippen LogP contribution in [0.25, 0.3) is 0 Å². The standard InChI is InChI=1S/C10H18N4O3S/c11-10-9(6-12-14-10)18(16,17)13-5-7-2-1-3-8(15)4-7/h6-8,13,15H,1-5H2,(H3,11,12,14). The summed E-state index contributed by atoms with van der Waals surface area (Å²) in [5.41, 5.74) is 5.48. The highest BCUT2D eigenvalue weighted by Crippen LogP contribution is 2.24. The summed E-state index contributed by atoms with van der Waals surface area (Å²) in [6.45, 7) is 0.323. The van der Waals surface area contributed by atoms with Crippen molar-refractivity contribution in [2.45, 2.75) is 36.7 Å². The van der Waals surface area contributed by atoms with Crippen LogP contribution in [0.15, 0.2) is 11.1 Å². The summed E-state index contributed by atoms with van der Waals surface area (Å²) in [6, 6.07) is 0. The molecule has 0 aliphatic heterocycles. The Bertz CT molecular complexity index is 499. The van der Waals surface area contributed by atoms with E-state index in [-0.39, 0.29) is 22.7 Å². The van der Waals surface area contributed by atoms with E-state index in [0.717, 1.165) is 19.3 Å². The topological polar surface area (TPSA) is 121 Å². The Balaban J connectivity index is 1.95. The van der Waals surface area contributed by atoms with E-state index >= 15 is 0 Å². The highest BCUT2D eigenvalue weighted by atomic mass is 32.2. The molecule has 1 aromatic rings. The third-order valence-corrected chi connectivity index (χ3v) is 4.69. The fourth-order valence-electron chi connectivity index (χ4n) is 2.25. The summed E-state index contributed by atoms with van der Waals surface area (Å²) in [7, 11) is -3.61. The van der Waals surface area contributed by atoms with E-state index in [2.05, 4.69) is 14.9 Å². The van der Waals surface area contributed by atoms with Crippen molar-refractivity contribution in [2.24, 2.45) is 5.92 Å². The minimum atomic E-state index is -3.61. The first-order chi connectivity index (χ1) is 8.49. The number of aromatic nitrogens is 2. The second kappa shape index (κ2) is 5.25. The number of nitrogens with one attached hydrogen (secondary N) is 2. The molecule has 2 rings (SSSR count). The van der Waals surface area contributed by atoms with Gasteiger partial charge in [-0.05, 0) is 25.2 Å². The molecule has 1 aromatic heterocycles. The second-order valence-electron chi connectivity index (χ2n) is 4.69. The number of nitrogens with zero attached hydrogens (tertiary/aromatic N) is 1. The molecule has 5 N–H and O–H groups in total. The van der Waals surface area contributed by atoms with Crippen LogP contribution in [0.3, 0.4) is 0 Å². The van der Waals surface area contributed by atoms with Crippen molar-refractivity contribution in [1.82, 2.24) is 14.9 Å². The van der Waals surface area contributed by atoms with Gasteiger partial charge in [0.25, 0.3) is 0 Å². The predicted octanol–water partition coefficient (Wildman–Crippen LogP) is -0.179. The molecule has 0 radical (unpaired) electrons. The van der Waals surface area contributed by atoms with Crippen LogP contribution in [0.2, 0.25) is 0 Å². The number of rotatable bonds is 4. The molecule has 1 saturated carbocycles. The molecule has 0 amide bonds. The molecule has 0 spiro atoms. The molecule has 8 heteroatoms. The van der Waals surface area contributed by atoms with Crippen molar-refractivity contribution in [2.75, 3.05) is 12.3 Å². The minimum absolute atomic E-state index is 0.0288. The first-order valence-electron chi connectivity index (χ1n) is 5.95. The van der Waals surface area contributed by atoms with Gasteiger partial charge in [-0.15, -0.1) is 0 Å². The highest BCUT2D eigenvalue weighted by Gasteiger charge is 2.24. The Kier molecular flexibility index (Phi) is 3.88. The lowest BCUT2D eigenvalue weighted by atomic mass is 9.87. The smallest absolute Gasteiger partial charge is 0.245 e. The van der Waals surface area contributed by atoms with Crippen molar-refractivity contribution in [1.29, 1.82) is 0 Å². The van der Waals surface area contributed by atoms with Gasteiger partial charge in [-0.25, -0.2) is 13.1 Å². The molecule has 1 aliphatic carbocycles. The lowest BCUT2D eigenvalue weighted by Gasteiger charge is -2.25. The van der Waals surface area contributed by atoms with Crippen molar-refractivity contribution in [3.8, 4) is 0 Å². The van der Waals surface area contributed by atoms with E-state index < -0.39 is 10.0 Å². The molecule has 2 unspecified atom stereocenters. The van der Waals surface area contributed by atoms with Gasteiger partial charge in [-0.1, -0.05) is 6.42 Å². The van der Waals surface area contributed by atoms with Gasteiger partial charge >= 0.3 is 0 Å².